The van der Waals surface area contributed by atoms with Crippen LogP contribution in [0.25, 0.3) is 33.1 Å². The minimum absolute atomic E-state index is 0.290. The molecule has 5 rings (SSSR count). The Hall–Kier alpha value is -4.01. The summed E-state index contributed by atoms with van der Waals surface area (Å²) < 4.78 is 39.2. The summed E-state index contributed by atoms with van der Waals surface area (Å²) in [5, 5.41) is 11.4. The average molecular weight is 420 g/mol. The molecule has 3 heterocycles. The van der Waals surface area contributed by atoms with Crippen LogP contribution in [0.4, 0.5) is 24.7 Å². The van der Waals surface area contributed by atoms with Crippen molar-refractivity contribution in [2.75, 3.05) is 5.32 Å². The van der Waals surface area contributed by atoms with Gasteiger partial charge in [0.2, 0.25) is 0 Å². The molecule has 0 aliphatic heterocycles. The molecule has 3 aromatic heterocycles. The number of nitrogens with zero attached hydrogens (tertiary/aromatic N) is 4. The number of nitrogens with one attached hydrogen (secondary N) is 2. The monoisotopic (exact) mass is 420 g/mol. The third-order valence-corrected chi connectivity index (χ3v) is 5.05. The summed E-state index contributed by atoms with van der Waals surface area (Å²) >= 11 is 0. The Kier molecular flexibility index (Phi) is 4.32. The molecular weight excluding hydrogens is 405 g/mol. The minimum Gasteiger partial charge on any atom is -0.340 e. The van der Waals surface area contributed by atoms with Gasteiger partial charge in [0.05, 0.1) is 17.3 Å². The molecule has 0 saturated heterocycles. The summed E-state index contributed by atoms with van der Waals surface area (Å²) in [4.78, 5) is 13.1. The number of halogens is 3. The number of fused-ring (bicyclic) bond motifs is 2. The molecule has 31 heavy (non-hydrogen) atoms. The van der Waals surface area contributed by atoms with Gasteiger partial charge in [-0.1, -0.05) is 12.1 Å². The van der Waals surface area contributed by atoms with Crippen molar-refractivity contribution >= 4 is 33.4 Å². The Morgan fingerprint density at radius 3 is 2.68 bits per heavy atom. The molecule has 0 aliphatic carbocycles. The summed E-state index contributed by atoms with van der Waals surface area (Å²) in [6.07, 6.45) is 0.408. The van der Waals surface area contributed by atoms with Crippen molar-refractivity contribution in [1.29, 1.82) is 0 Å². The second-order valence-electron chi connectivity index (χ2n) is 7.11. The predicted molar refractivity (Wildman–Crippen MR) is 112 cm³/mol. The van der Waals surface area contributed by atoms with Crippen molar-refractivity contribution < 1.29 is 13.2 Å². The van der Waals surface area contributed by atoms with Gasteiger partial charge in [0.25, 0.3) is 0 Å². The van der Waals surface area contributed by atoms with Crippen LogP contribution in [0.5, 0.6) is 0 Å². The van der Waals surface area contributed by atoms with Crippen molar-refractivity contribution in [3.05, 3.63) is 72.3 Å². The number of pyridine rings is 1. The maximum absolute atomic E-state index is 13.1. The van der Waals surface area contributed by atoms with E-state index in [4.69, 9.17) is 0 Å². The van der Waals surface area contributed by atoms with Crippen LogP contribution < -0.4 is 5.32 Å². The first-order valence-corrected chi connectivity index (χ1v) is 9.38. The minimum atomic E-state index is -4.42. The standard InChI is InChI=1S/C22H15F3N6/c1-12-5-6-17-19(18(12)13-7-14-10-29-31-20(14)26-9-13)27-11-28-21(17)30-16-4-2-3-15(8-16)22(23,24)25/h2-11H,1H3,(H,26,29,31)(H,27,28,30). The molecule has 6 nitrogen and oxygen atoms in total. The fourth-order valence-corrected chi connectivity index (χ4v) is 3.58. The molecule has 0 spiro atoms. The van der Waals surface area contributed by atoms with Crippen LogP contribution in [0.15, 0.2) is 61.2 Å². The highest BCUT2D eigenvalue weighted by Gasteiger charge is 2.30. The zero-order valence-electron chi connectivity index (χ0n) is 16.2. The van der Waals surface area contributed by atoms with Crippen LogP contribution in [0.1, 0.15) is 11.1 Å². The first-order chi connectivity index (χ1) is 14.9. The van der Waals surface area contributed by atoms with Crippen molar-refractivity contribution in [2.45, 2.75) is 13.1 Å². The topological polar surface area (TPSA) is 79.4 Å². The number of aromatic nitrogens is 5. The Labute approximate surface area is 174 Å². The molecule has 0 amide bonds. The molecule has 0 radical (unpaired) electrons. The number of hydrogen-bond donors (Lipinski definition) is 2. The number of aryl methyl sites for hydroxylation is 1. The molecule has 0 fully saturated rings. The maximum atomic E-state index is 13.1. The Bertz CT molecular complexity index is 1420. The summed E-state index contributed by atoms with van der Waals surface area (Å²) in [6.45, 7) is 1.97. The highest BCUT2D eigenvalue weighted by Crippen LogP contribution is 2.35. The molecule has 154 valence electrons. The predicted octanol–water partition coefficient (Wildman–Crippen LogP) is 5.64. The highest BCUT2D eigenvalue weighted by molar-refractivity contribution is 6.01. The van der Waals surface area contributed by atoms with Crippen LogP contribution in [0.2, 0.25) is 0 Å². The van der Waals surface area contributed by atoms with Gasteiger partial charge in [-0.3, -0.25) is 5.10 Å². The number of alkyl halides is 3. The van der Waals surface area contributed by atoms with Crippen molar-refractivity contribution in [2.24, 2.45) is 0 Å². The first kappa shape index (κ1) is 19.0. The third-order valence-electron chi connectivity index (χ3n) is 5.05. The third kappa shape index (κ3) is 3.43. The van der Waals surface area contributed by atoms with E-state index in [1.54, 1.807) is 18.5 Å². The molecule has 5 aromatic rings. The molecule has 0 atom stereocenters. The second kappa shape index (κ2) is 7.05. The lowest BCUT2D eigenvalue weighted by Crippen LogP contribution is -2.05. The van der Waals surface area contributed by atoms with Gasteiger partial charge in [0, 0.05) is 33.8 Å². The molecule has 0 saturated carbocycles. The van der Waals surface area contributed by atoms with Crippen LogP contribution in [-0.4, -0.2) is 25.1 Å². The van der Waals surface area contributed by atoms with Crippen molar-refractivity contribution in [1.82, 2.24) is 25.1 Å². The van der Waals surface area contributed by atoms with Gasteiger partial charge in [-0.15, -0.1) is 0 Å². The van der Waals surface area contributed by atoms with Gasteiger partial charge in [0.15, 0.2) is 5.65 Å². The van der Waals surface area contributed by atoms with Gasteiger partial charge in [-0.25, -0.2) is 15.0 Å². The normalized spacial score (nSPS) is 11.9. The lowest BCUT2D eigenvalue weighted by atomic mass is 9.98. The second-order valence-corrected chi connectivity index (χ2v) is 7.11. The number of anilines is 2. The van der Waals surface area contributed by atoms with Crippen LogP contribution >= 0.6 is 0 Å². The van der Waals surface area contributed by atoms with Crippen molar-refractivity contribution in [3.63, 3.8) is 0 Å². The van der Waals surface area contributed by atoms with E-state index in [0.29, 0.717) is 28.1 Å². The Morgan fingerprint density at radius 1 is 0.968 bits per heavy atom. The number of hydrogen-bond acceptors (Lipinski definition) is 5. The SMILES string of the molecule is Cc1ccc2c(Nc3cccc(C(F)(F)F)c3)ncnc2c1-c1cnc2[nH]ncc2c1. The van der Waals surface area contributed by atoms with E-state index in [1.807, 2.05) is 25.1 Å². The van der Waals surface area contributed by atoms with Gasteiger partial charge >= 0.3 is 6.18 Å². The zero-order valence-corrected chi connectivity index (χ0v) is 16.2. The average Bonchev–Trinajstić information content (AvgIpc) is 3.21. The summed E-state index contributed by atoms with van der Waals surface area (Å²) in [6, 6.07) is 10.8. The summed E-state index contributed by atoms with van der Waals surface area (Å²) in [7, 11) is 0. The van der Waals surface area contributed by atoms with Crippen LogP contribution in [-0.2, 0) is 6.18 Å². The molecular formula is C22H15F3N6. The Balaban J connectivity index is 1.63. The number of aromatic amines is 1. The Morgan fingerprint density at radius 2 is 1.84 bits per heavy atom. The number of rotatable bonds is 3. The van der Waals surface area contributed by atoms with E-state index in [2.05, 4.69) is 30.5 Å². The zero-order chi connectivity index (χ0) is 21.6. The smallest absolute Gasteiger partial charge is 0.340 e. The molecule has 2 N–H and O–H groups in total. The van der Waals surface area contributed by atoms with E-state index >= 15 is 0 Å². The van der Waals surface area contributed by atoms with Crippen LogP contribution in [0.3, 0.4) is 0 Å². The molecule has 2 aromatic carbocycles. The molecule has 0 aliphatic rings. The number of H-pyrrole nitrogens is 1. The molecule has 0 unspecified atom stereocenters. The lowest BCUT2D eigenvalue weighted by Gasteiger charge is -2.14. The van der Waals surface area contributed by atoms with E-state index in [1.165, 1.54) is 12.4 Å². The fourth-order valence-electron chi connectivity index (χ4n) is 3.58. The fraction of sp³-hybridized carbons (Fsp3) is 0.0909. The van der Waals surface area contributed by atoms with E-state index in [-0.39, 0.29) is 0 Å². The quantitative estimate of drug-likeness (QED) is 0.395. The van der Waals surface area contributed by atoms with Gasteiger partial charge < -0.3 is 5.32 Å². The van der Waals surface area contributed by atoms with Gasteiger partial charge in [-0.2, -0.15) is 18.3 Å². The highest BCUT2D eigenvalue weighted by atomic mass is 19.4. The lowest BCUT2D eigenvalue weighted by molar-refractivity contribution is -0.137. The maximum Gasteiger partial charge on any atom is 0.416 e. The molecule has 0 bridgehead atoms. The summed E-state index contributed by atoms with van der Waals surface area (Å²) in [5.41, 5.74) is 3.65. The van der Waals surface area contributed by atoms with E-state index in [0.717, 1.165) is 34.2 Å². The van der Waals surface area contributed by atoms with Crippen molar-refractivity contribution in [3.8, 4) is 11.1 Å². The molecule has 9 heteroatoms. The van der Waals surface area contributed by atoms with E-state index < -0.39 is 11.7 Å². The van der Waals surface area contributed by atoms with Gasteiger partial charge in [0.1, 0.15) is 12.1 Å². The largest absolute Gasteiger partial charge is 0.416 e. The van der Waals surface area contributed by atoms with E-state index in [9.17, 15) is 13.2 Å². The van der Waals surface area contributed by atoms with Crippen LogP contribution in [0, 0.1) is 6.92 Å². The van der Waals surface area contributed by atoms with Gasteiger partial charge in [-0.05, 0) is 42.8 Å². The number of benzene rings is 2. The first-order valence-electron chi connectivity index (χ1n) is 9.38. The summed E-state index contributed by atoms with van der Waals surface area (Å²) in [5.74, 6) is 0.419.